The molecule has 266 valence electrons. The van der Waals surface area contributed by atoms with E-state index in [1.807, 2.05) is 0 Å². The summed E-state index contributed by atoms with van der Waals surface area (Å²) < 4.78 is 11.7. The van der Waals surface area contributed by atoms with Gasteiger partial charge in [0.1, 0.15) is 11.2 Å². The van der Waals surface area contributed by atoms with Crippen LogP contribution in [0.5, 0.6) is 0 Å². The second-order valence-electron chi connectivity index (χ2n) is 14.9. The molecule has 9 aromatic carbocycles. The summed E-state index contributed by atoms with van der Waals surface area (Å²) in [7, 11) is 0. The topological polar surface area (TPSA) is 23.0 Å². The van der Waals surface area contributed by atoms with Crippen LogP contribution in [0.4, 0.5) is 0 Å². The number of fused-ring (bicyclic) bond motifs is 9. The lowest BCUT2D eigenvalue weighted by Gasteiger charge is -2.15. The number of furan rings is 1. The van der Waals surface area contributed by atoms with E-state index in [1.54, 1.807) is 0 Å². The maximum atomic E-state index is 6.88. The molecule has 12 rings (SSSR count). The van der Waals surface area contributed by atoms with Crippen molar-refractivity contribution in [2.75, 3.05) is 0 Å². The van der Waals surface area contributed by atoms with Crippen molar-refractivity contribution in [1.29, 1.82) is 0 Å². The van der Waals surface area contributed by atoms with Crippen LogP contribution in [0.2, 0.25) is 0 Å². The van der Waals surface area contributed by atoms with Crippen molar-refractivity contribution >= 4 is 65.6 Å². The van der Waals surface area contributed by atoms with Crippen LogP contribution >= 0.6 is 0 Å². The average Bonchev–Trinajstić information content (AvgIpc) is 3.94. The van der Waals surface area contributed by atoms with E-state index in [-0.39, 0.29) is 0 Å². The number of rotatable bonds is 5. The van der Waals surface area contributed by atoms with E-state index in [9.17, 15) is 0 Å². The number of aromatic nitrogens is 2. The fourth-order valence-electron chi connectivity index (χ4n) is 9.21. The molecule has 0 spiro atoms. The smallest absolute Gasteiger partial charge is 0.145 e. The van der Waals surface area contributed by atoms with Gasteiger partial charge in [-0.15, -0.1) is 0 Å². The van der Waals surface area contributed by atoms with Crippen LogP contribution in [-0.4, -0.2) is 9.13 Å². The van der Waals surface area contributed by atoms with Crippen LogP contribution in [-0.2, 0) is 0 Å². The van der Waals surface area contributed by atoms with Crippen LogP contribution in [0.25, 0.3) is 110 Å². The summed E-state index contributed by atoms with van der Waals surface area (Å²) >= 11 is 0. The number of nitrogens with zero attached hydrogens (tertiary/aromatic N) is 2. The second kappa shape index (κ2) is 12.5. The van der Waals surface area contributed by atoms with Gasteiger partial charge in [-0.25, -0.2) is 0 Å². The Labute approximate surface area is 328 Å². The van der Waals surface area contributed by atoms with Crippen molar-refractivity contribution in [2.45, 2.75) is 0 Å². The molecule has 0 aliphatic rings. The van der Waals surface area contributed by atoms with E-state index in [0.717, 1.165) is 55.5 Å². The molecule has 0 unspecified atom stereocenters. The highest BCUT2D eigenvalue weighted by molar-refractivity contribution is 6.18. The zero-order valence-electron chi connectivity index (χ0n) is 30.9. The monoisotopic (exact) mass is 726 g/mol. The molecule has 0 radical (unpaired) electrons. The highest BCUT2D eigenvalue weighted by Crippen LogP contribution is 2.45. The van der Waals surface area contributed by atoms with Gasteiger partial charge in [-0.1, -0.05) is 152 Å². The van der Waals surface area contributed by atoms with E-state index in [0.29, 0.717) is 0 Å². The molecular formula is C54H34N2O. The van der Waals surface area contributed by atoms with Crippen molar-refractivity contribution < 1.29 is 4.42 Å². The van der Waals surface area contributed by atoms with Gasteiger partial charge in [0.05, 0.1) is 33.1 Å². The van der Waals surface area contributed by atoms with Gasteiger partial charge in [0, 0.05) is 38.2 Å². The number of benzene rings is 9. The maximum absolute atomic E-state index is 6.88. The van der Waals surface area contributed by atoms with Gasteiger partial charge in [0.15, 0.2) is 0 Å². The minimum Gasteiger partial charge on any atom is -0.455 e. The van der Waals surface area contributed by atoms with Crippen LogP contribution in [0, 0.1) is 0 Å². The first kappa shape index (κ1) is 31.7. The van der Waals surface area contributed by atoms with E-state index in [4.69, 9.17) is 4.42 Å². The Morgan fingerprint density at radius 3 is 1.54 bits per heavy atom. The zero-order chi connectivity index (χ0) is 37.5. The normalized spacial score (nSPS) is 11.9. The van der Waals surface area contributed by atoms with E-state index in [1.165, 1.54) is 54.8 Å². The Bertz CT molecular complexity index is 3510. The van der Waals surface area contributed by atoms with Crippen LogP contribution in [0.1, 0.15) is 0 Å². The van der Waals surface area contributed by atoms with Gasteiger partial charge in [-0.05, 0) is 82.4 Å². The number of hydrogen-bond donors (Lipinski definition) is 0. The number of hydrogen-bond acceptors (Lipinski definition) is 1. The molecule has 0 saturated carbocycles. The number of para-hydroxylation sites is 4. The molecule has 0 aliphatic carbocycles. The highest BCUT2D eigenvalue weighted by Gasteiger charge is 2.22. The predicted octanol–water partition coefficient (Wildman–Crippen LogP) is 14.8. The molecule has 3 nitrogen and oxygen atoms in total. The highest BCUT2D eigenvalue weighted by atomic mass is 16.3. The summed E-state index contributed by atoms with van der Waals surface area (Å²) in [6.45, 7) is 0. The first-order chi connectivity index (χ1) is 28.3. The Morgan fingerprint density at radius 1 is 0.316 bits per heavy atom. The Morgan fingerprint density at radius 2 is 0.842 bits per heavy atom. The average molecular weight is 727 g/mol. The fraction of sp³-hybridized carbons (Fsp3) is 0. The third kappa shape index (κ3) is 4.79. The fourth-order valence-corrected chi connectivity index (χ4v) is 9.21. The standard InChI is InChI=1S/C54H34N2O/c1-3-15-35(16-4-1)39-19-7-8-20-40(39)45-31-32-49(53-46-23-11-14-26-52(46)57-54(45)53)56-48-25-13-10-22-42(48)44-30-28-37(34-51(44)56)36-27-29-43-41-21-9-12-24-47(41)55(50(43)33-36)38-17-5-2-6-18-38/h1-34H. The molecule has 0 N–H and O–H groups in total. The zero-order valence-corrected chi connectivity index (χ0v) is 30.9. The van der Waals surface area contributed by atoms with E-state index >= 15 is 0 Å². The summed E-state index contributed by atoms with van der Waals surface area (Å²) in [5, 5.41) is 7.14. The Hall–Kier alpha value is -7.62. The second-order valence-corrected chi connectivity index (χ2v) is 14.9. The van der Waals surface area contributed by atoms with E-state index in [2.05, 4.69) is 215 Å². The van der Waals surface area contributed by atoms with Crippen LogP contribution < -0.4 is 0 Å². The van der Waals surface area contributed by atoms with Gasteiger partial charge in [-0.3, -0.25) is 0 Å². The molecule has 12 aromatic rings. The lowest BCUT2D eigenvalue weighted by Crippen LogP contribution is -1.96. The Balaban J connectivity index is 1.12. The lowest BCUT2D eigenvalue weighted by molar-refractivity contribution is 0.670. The van der Waals surface area contributed by atoms with Crippen LogP contribution in [0.15, 0.2) is 211 Å². The van der Waals surface area contributed by atoms with Gasteiger partial charge >= 0.3 is 0 Å². The SMILES string of the molecule is c1ccc(-c2ccccc2-c2ccc(-n3c4ccccc4c4ccc(-c5ccc6c7ccccc7n(-c7ccccc7)c6c5)cc43)c3c2oc2ccccc23)cc1. The maximum Gasteiger partial charge on any atom is 0.145 e. The first-order valence-electron chi connectivity index (χ1n) is 19.5. The van der Waals surface area contributed by atoms with Crippen molar-refractivity contribution in [3.63, 3.8) is 0 Å². The predicted molar refractivity (Wildman–Crippen MR) is 239 cm³/mol. The molecular weight excluding hydrogens is 693 g/mol. The third-order valence-electron chi connectivity index (χ3n) is 11.7. The molecule has 57 heavy (non-hydrogen) atoms. The van der Waals surface area contributed by atoms with E-state index < -0.39 is 0 Å². The quantitative estimate of drug-likeness (QED) is 0.173. The van der Waals surface area contributed by atoms with Gasteiger partial charge in [0.2, 0.25) is 0 Å². The molecule has 0 saturated heterocycles. The van der Waals surface area contributed by atoms with Crippen molar-refractivity contribution in [3.05, 3.63) is 206 Å². The molecule has 3 aromatic heterocycles. The Kier molecular flexibility index (Phi) is 6.93. The van der Waals surface area contributed by atoms with Gasteiger partial charge in [0.25, 0.3) is 0 Å². The summed E-state index contributed by atoms with van der Waals surface area (Å²) in [4.78, 5) is 0. The van der Waals surface area contributed by atoms with Crippen molar-refractivity contribution in [3.8, 4) is 44.8 Å². The van der Waals surface area contributed by atoms with Crippen molar-refractivity contribution in [1.82, 2.24) is 9.13 Å². The minimum absolute atomic E-state index is 0.877. The molecule has 0 aliphatic heterocycles. The van der Waals surface area contributed by atoms with Gasteiger partial charge < -0.3 is 13.6 Å². The first-order valence-corrected chi connectivity index (χ1v) is 19.5. The molecule has 3 heteroatoms. The molecule has 0 fully saturated rings. The summed E-state index contributed by atoms with van der Waals surface area (Å²) in [5.41, 5.74) is 15.6. The summed E-state index contributed by atoms with van der Waals surface area (Å²) in [6, 6.07) is 74.3. The lowest BCUT2D eigenvalue weighted by atomic mass is 9.93. The van der Waals surface area contributed by atoms with Crippen LogP contribution in [0.3, 0.4) is 0 Å². The molecule has 0 atom stereocenters. The largest absolute Gasteiger partial charge is 0.455 e. The molecule has 3 heterocycles. The summed E-state index contributed by atoms with van der Waals surface area (Å²) in [6.07, 6.45) is 0. The minimum atomic E-state index is 0.877. The third-order valence-corrected chi connectivity index (χ3v) is 11.7. The summed E-state index contributed by atoms with van der Waals surface area (Å²) in [5.74, 6) is 0. The van der Waals surface area contributed by atoms with Crippen molar-refractivity contribution in [2.24, 2.45) is 0 Å². The van der Waals surface area contributed by atoms with Gasteiger partial charge in [-0.2, -0.15) is 0 Å². The molecule has 0 amide bonds. The molecule has 0 bridgehead atoms.